The van der Waals surface area contributed by atoms with E-state index in [2.05, 4.69) is 19.9 Å². The highest BCUT2D eigenvalue weighted by Crippen LogP contribution is 2.76. The van der Waals surface area contributed by atoms with Crippen LogP contribution in [-0.2, 0) is 52.3 Å². The Bertz CT molecular complexity index is 2410. The fourth-order valence-electron chi connectivity index (χ4n) is 16.2. The zero-order valence-corrected chi connectivity index (χ0v) is 47.8. The molecule has 0 amide bonds. The Kier molecular flexibility index (Phi) is 18.4. The van der Waals surface area contributed by atoms with Crippen molar-refractivity contribution in [1.29, 1.82) is 0 Å². The van der Waals surface area contributed by atoms with Crippen molar-refractivity contribution in [3.05, 3.63) is 34.9 Å². The van der Waals surface area contributed by atoms with Crippen LogP contribution in [0.15, 0.2) is 34.9 Å². The molecule has 0 bridgehead atoms. The Labute approximate surface area is 471 Å². The number of carboxylic acid groups (broad SMARTS) is 1. The Hall–Kier alpha value is -3.09. The highest BCUT2D eigenvalue weighted by atomic mass is 16.8. The van der Waals surface area contributed by atoms with Gasteiger partial charge in [0.05, 0.1) is 50.2 Å². The minimum absolute atomic E-state index is 0.165. The summed E-state index contributed by atoms with van der Waals surface area (Å²) in [6, 6.07) is 0. The standard InChI is InChI=1S/C57H88O24/c1-11-24(3)47(72)80-44-45(81-48(73)25(4)12-2)57(23-61)27(19-52(44,5)6)26-13-14-31-53(7)17-16-32(54(8,22-60)30(53)15-18-55(31,9)56(26,10)42(68)43(57)69)76-51-41(79-50-37(66)35(64)33(62)28(20-58)74-50)39(38(67)40(78-51)46(70)71)77-49-36(65)34(63)29(21-59)75-49/h11-13,27-45,49-51,58-69H,14-23H2,1-10H3,(H,70,71)/t27?,28?,29-,30?,31?,32-,33+,34?,35?,36-,37-,38-,39?,40?,41-,42-,43+,44-,45-,49-,50-,51+,53-,54+,55+,56-,57-/m0/s1. The van der Waals surface area contributed by atoms with E-state index < -0.39 is 205 Å². The zero-order chi connectivity index (χ0) is 60.0. The largest absolute Gasteiger partial charge is 0.479 e. The van der Waals surface area contributed by atoms with Gasteiger partial charge in [0.25, 0.3) is 0 Å². The van der Waals surface area contributed by atoms with Crippen LogP contribution in [0, 0.1) is 50.2 Å². The first kappa shape index (κ1) is 63.9. The molecule has 0 aromatic carbocycles. The average molecular weight is 1160 g/mol. The highest BCUT2D eigenvalue weighted by molar-refractivity contribution is 5.89. The molecule has 7 fully saturated rings. The van der Waals surface area contributed by atoms with Gasteiger partial charge in [0.1, 0.15) is 67.1 Å². The van der Waals surface area contributed by atoms with Gasteiger partial charge in [0.2, 0.25) is 0 Å². The monoisotopic (exact) mass is 1160 g/mol. The number of aliphatic carboxylic acids is 1. The first-order valence-electron chi connectivity index (χ1n) is 28.3. The third-order valence-electron chi connectivity index (χ3n) is 21.5. The number of allylic oxidation sites excluding steroid dienone is 3. The summed E-state index contributed by atoms with van der Waals surface area (Å²) in [4.78, 5) is 40.4. The molecule has 24 heteroatoms. The molecule has 460 valence electrons. The number of rotatable bonds is 15. The topological polar surface area (TPSA) is 388 Å². The normalized spacial score (nSPS) is 49.8. The summed E-state index contributed by atoms with van der Waals surface area (Å²) < 4.78 is 48.8. The number of hydrogen-bond donors (Lipinski definition) is 13. The number of fused-ring (bicyclic) bond motifs is 7. The van der Waals surface area contributed by atoms with Crippen molar-refractivity contribution < 1.29 is 119 Å². The molecule has 13 N–H and O–H groups in total. The van der Waals surface area contributed by atoms with E-state index >= 15 is 0 Å². The number of carbonyl (C=O) groups is 3. The molecule has 0 spiro atoms. The van der Waals surface area contributed by atoms with Crippen molar-refractivity contribution in [3.8, 4) is 0 Å². The summed E-state index contributed by atoms with van der Waals surface area (Å²) >= 11 is 0. The van der Waals surface area contributed by atoms with E-state index in [-0.39, 0.29) is 24.3 Å². The molecule has 0 aromatic heterocycles. The van der Waals surface area contributed by atoms with Crippen LogP contribution in [0.1, 0.15) is 108 Å². The Morgan fingerprint density at radius 2 is 1.17 bits per heavy atom. The molecule has 0 aromatic rings. The molecule has 4 saturated carbocycles. The van der Waals surface area contributed by atoms with E-state index in [1.165, 1.54) is 0 Å². The lowest BCUT2D eigenvalue weighted by Gasteiger charge is -2.73. The predicted molar refractivity (Wildman–Crippen MR) is 278 cm³/mol. The van der Waals surface area contributed by atoms with Crippen molar-refractivity contribution in [3.63, 3.8) is 0 Å². The van der Waals surface area contributed by atoms with E-state index in [4.69, 9.17) is 37.9 Å². The summed E-state index contributed by atoms with van der Waals surface area (Å²) in [6.07, 6.45) is -25.7. The lowest BCUT2D eigenvalue weighted by Crippen LogP contribution is -2.76. The molecular weight excluding hydrogens is 1070 g/mol. The summed E-state index contributed by atoms with van der Waals surface area (Å²) in [7, 11) is 0. The lowest BCUT2D eigenvalue weighted by molar-refractivity contribution is -0.387. The van der Waals surface area contributed by atoms with Crippen molar-refractivity contribution in [2.45, 2.75) is 224 Å². The van der Waals surface area contributed by atoms with Crippen molar-refractivity contribution >= 4 is 17.9 Å². The second-order valence-corrected chi connectivity index (χ2v) is 25.9. The number of ether oxygens (including phenoxy) is 8. The maximum Gasteiger partial charge on any atom is 0.335 e. The summed E-state index contributed by atoms with van der Waals surface area (Å²) in [6.45, 7) is 15.3. The smallest absolute Gasteiger partial charge is 0.335 e. The number of aliphatic hydroxyl groups is 12. The first-order chi connectivity index (χ1) is 37.9. The fraction of sp³-hybridized carbons (Fsp3) is 0.842. The Morgan fingerprint density at radius 1 is 0.630 bits per heavy atom. The molecule has 0 radical (unpaired) electrons. The molecule has 8 unspecified atom stereocenters. The van der Waals surface area contributed by atoms with Crippen molar-refractivity contribution in [2.24, 2.45) is 50.2 Å². The Balaban J connectivity index is 1.15. The van der Waals surface area contributed by atoms with Crippen molar-refractivity contribution in [1.82, 2.24) is 0 Å². The second kappa shape index (κ2) is 23.3. The van der Waals surface area contributed by atoms with Gasteiger partial charge < -0.3 is 104 Å². The first-order valence-corrected chi connectivity index (χ1v) is 28.3. The molecule has 8 rings (SSSR count). The van der Waals surface area contributed by atoms with Gasteiger partial charge in [-0.15, -0.1) is 0 Å². The zero-order valence-electron chi connectivity index (χ0n) is 47.8. The SMILES string of the molecule is CC=C(C)C(=O)O[C@H]1[C@H](OC(=O)C(C)=CC)[C@@]2(CO)C(CC1(C)C)C1=CCC3[C@@]4(C)CC[C@H](O[C@@H]5OC(C(=O)O)[C@@H](O)C(O[C@@H]6O[C@@H](CO)C(O)[C@@H]6O)[C@@H]5O[C@@H]5OC(CO)[C@@H](O)C(O)[C@@H]5O)[C@](C)(CO)C4CC[C@@]3(C)[C@]1(C)[C@@H](O)[C@H]2O. The van der Waals surface area contributed by atoms with Crippen LogP contribution in [0.3, 0.4) is 0 Å². The van der Waals surface area contributed by atoms with Crippen LogP contribution >= 0.6 is 0 Å². The third-order valence-corrected chi connectivity index (χ3v) is 21.5. The van der Waals surface area contributed by atoms with Crippen LogP contribution in [-0.4, -0.2) is 227 Å². The third kappa shape index (κ3) is 9.98. The lowest BCUT2D eigenvalue weighted by atomic mass is 9.32. The van der Waals surface area contributed by atoms with Gasteiger partial charge in [0.15, 0.2) is 31.1 Å². The van der Waals surface area contributed by atoms with Crippen molar-refractivity contribution in [2.75, 3.05) is 26.4 Å². The quantitative estimate of drug-likeness (QED) is 0.0415. The molecule has 3 heterocycles. The van der Waals surface area contributed by atoms with Gasteiger partial charge in [-0.3, -0.25) is 0 Å². The molecule has 3 saturated heterocycles. The summed E-state index contributed by atoms with van der Waals surface area (Å²) in [5.41, 5.74) is -5.25. The van der Waals surface area contributed by atoms with Gasteiger partial charge >= 0.3 is 17.9 Å². The van der Waals surface area contributed by atoms with Crippen LogP contribution in [0.2, 0.25) is 0 Å². The number of esters is 2. The van der Waals surface area contributed by atoms with Gasteiger partial charge in [-0.1, -0.05) is 65.3 Å². The molecule has 24 nitrogen and oxygen atoms in total. The van der Waals surface area contributed by atoms with Crippen LogP contribution in [0.4, 0.5) is 0 Å². The number of carbonyl (C=O) groups excluding carboxylic acids is 2. The Morgan fingerprint density at radius 3 is 1.70 bits per heavy atom. The van der Waals surface area contributed by atoms with Gasteiger partial charge in [-0.2, -0.15) is 0 Å². The highest BCUT2D eigenvalue weighted by Gasteiger charge is 2.77. The second-order valence-electron chi connectivity index (χ2n) is 25.9. The van der Waals surface area contributed by atoms with E-state index in [1.54, 1.807) is 39.8 Å². The van der Waals surface area contributed by atoms with E-state index in [0.29, 0.717) is 31.3 Å². The number of hydrogen-bond acceptors (Lipinski definition) is 23. The van der Waals surface area contributed by atoms with Crippen LogP contribution in [0.5, 0.6) is 0 Å². The molecular formula is C57H88O24. The van der Waals surface area contributed by atoms with Crippen LogP contribution < -0.4 is 0 Å². The average Bonchev–Trinajstić information content (AvgIpc) is 1.99. The molecule has 3 aliphatic heterocycles. The van der Waals surface area contributed by atoms with Gasteiger partial charge in [-0.25, -0.2) is 14.4 Å². The molecule has 8 aliphatic rings. The summed E-state index contributed by atoms with van der Waals surface area (Å²) in [5, 5.41) is 146. The predicted octanol–water partition coefficient (Wildman–Crippen LogP) is -0.765. The maximum absolute atomic E-state index is 13.9. The number of aliphatic hydroxyl groups excluding tert-OH is 12. The van der Waals surface area contributed by atoms with Gasteiger partial charge in [-0.05, 0) is 94.8 Å². The van der Waals surface area contributed by atoms with E-state index in [1.807, 2.05) is 27.7 Å². The summed E-state index contributed by atoms with van der Waals surface area (Å²) in [5.74, 6) is -4.48. The minimum Gasteiger partial charge on any atom is -0.479 e. The number of carboxylic acids is 1. The van der Waals surface area contributed by atoms with Gasteiger partial charge in [0, 0.05) is 27.4 Å². The molecule has 27 atom stereocenters. The van der Waals surface area contributed by atoms with Crippen LogP contribution in [0.25, 0.3) is 0 Å². The minimum atomic E-state index is -2.18. The fourth-order valence-corrected chi connectivity index (χ4v) is 16.2. The maximum atomic E-state index is 13.9. The molecule has 81 heavy (non-hydrogen) atoms. The van der Waals surface area contributed by atoms with E-state index in [9.17, 15) is 80.8 Å². The molecule has 5 aliphatic carbocycles. The van der Waals surface area contributed by atoms with E-state index in [0.717, 1.165) is 5.57 Å².